The zero-order valence-electron chi connectivity index (χ0n) is 16.3. The zero-order valence-corrected chi connectivity index (χ0v) is 17.9. The van der Waals surface area contributed by atoms with Gasteiger partial charge in [-0.05, 0) is 49.4 Å². The van der Waals surface area contributed by atoms with Crippen LogP contribution in [0.2, 0.25) is 5.02 Å². The Morgan fingerprint density at radius 1 is 1.14 bits per heavy atom. The van der Waals surface area contributed by atoms with Gasteiger partial charge in [0, 0.05) is 17.1 Å². The minimum Gasteiger partial charge on any atom is -0.497 e. The van der Waals surface area contributed by atoms with Crippen LogP contribution in [0.25, 0.3) is 11.4 Å². The van der Waals surface area contributed by atoms with Crippen molar-refractivity contribution in [2.75, 3.05) is 25.3 Å². The number of carbonyl (C=O) groups excluding carboxylic acids is 1. The maximum absolute atomic E-state index is 12.4. The van der Waals surface area contributed by atoms with Crippen molar-refractivity contribution in [3.05, 3.63) is 47.5 Å². The number of nitrogens with zero attached hydrogens (tertiary/aromatic N) is 3. The molecular formula is C20H21ClN4O3S. The monoisotopic (exact) mass is 432 g/mol. The van der Waals surface area contributed by atoms with E-state index in [0.29, 0.717) is 28.2 Å². The second-order valence-electron chi connectivity index (χ2n) is 5.96. The molecule has 1 amide bonds. The van der Waals surface area contributed by atoms with Gasteiger partial charge in [-0.3, -0.25) is 4.79 Å². The number of rotatable bonds is 8. The van der Waals surface area contributed by atoms with Crippen LogP contribution < -0.4 is 14.8 Å². The number of hydrogen-bond donors (Lipinski definition) is 1. The van der Waals surface area contributed by atoms with Crippen molar-refractivity contribution < 1.29 is 14.3 Å². The van der Waals surface area contributed by atoms with E-state index in [4.69, 9.17) is 21.1 Å². The average molecular weight is 433 g/mol. The predicted octanol–water partition coefficient (Wildman–Crippen LogP) is 4.37. The third-order valence-electron chi connectivity index (χ3n) is 4.15. The van der Waals surface area contributed by atoms with Gasteiger partial charge in [0.25, 0.3) is 0 Å². The summed E-state index contributed by atoms with van der Waals surface area (Å²) in [5.41, 5.74) is 1.46. The molecule has 0 saturated carbocycles. The highest BCUT2D eigenvalue weighted by Crippen LogP contribution is 2.29. The van der Waals surface area contributed by atoms with Crippen molar-refractivity contribution >= 4 is 35.0 Å². The molecule has 0 unspecified atom stereocenters. The Morgan fingerprint density at radius 3 is 2.55 bits per heavy atom. The number of benzene rings is 2. The van der Waals surface area contributed by atoms with Gasteiger partial charge >= 0.3 is 0 Å². The molecule has 1 heterocycles. The highest BCUT2D eigenvalue weighted by Gasteiger charge is 2.15. The topological polar surface area (TPSA) is 78.3 Å². The van der Waals surface area contributed by atoms with Crippen molar-refractivity contribution in [2.45, 2.75) is 18.6 Å². The molecule has 7 nitrogen and oxygen atoms in total. The first-order valence-electron chi connectivity index (χ1n) is 8.89. The Hall–Kier alpha value is -2.71. The third-order valence-corrected chi connectivity index (χ3v) is 5.35. The summed E-state index contributed by atoms with van der Waals surface area (Å²) >= 11 is 7.33. The molecule has 0 aliphatic rings. The van der Waals surface area contributed by atoms with Crippen molar-refractivity contribution in [3.63, 3.8) is 0 Å². The molecule has 0 atom stereocenters. The highest BCUT2D eigenvalue weighted by atomic mass is 35.5. The van der Waals surface area contributed by atoms with Gasteiger partial charge in [-0.2, -0.15) is 0 Å². The first-order chi connectivity index (χ1) is 14.0. The number of anilines is 1. The van der Waals surface area contributed by atoms with Crippen LogP contribution in [0, 0.1) is 0 Å². The van der Waals surface area contributed by atoms with Gasteiger partial charge in [0.05, 0.1) is 25.7 Å². The van der Waals surface area contributed by atoms with Crippen LogP contribution in [0.4, 0.5) is 5.69 Å². The van der Waals surface area contributed by atoms with E-state index in [1.807, 2.05) is 35.8 Å². The Labute approximate surface area is 178 Å². The molecule has 0 aliphatic carbocycles. The van der Waals surface area contributed by atoms with Gasteiger partial charge in [-0.1, -0.05) is 23.4 Å². The summed E-state index contributed by atoms with van der Waals surface area (Å²) in [5, 5.41) is 12.6. The number of carbonyl (C=O) groups is 1. The first kappa shape index (κ1) is 21.0. The molecule has 0 aliphatic heterocycles. The smallest absolute Gasteiger partial charge is 0.234 e. The van der Waals surface area contributed by atoms with Crippen molar-refractivity contribution in [3.8, 4) is 22.9 Å². The maximum Gasteiger partial charge on any atom is 0.234 e. The molecule has 0 saturated heterocycles. The molecule has 2 aromatic carbocycles. The molecule has 1 aromatic heterocycles. The number of aromatic nitrogens is 3. The molecule has 1 N–H and O–H groups in total. The number of ether oxygens (including phenoxy) is 2. The lowest BCUT2D eigenvalue weighted by Gasteiger charge is -2.11. The maximum atomic E-state index is 12.4. The Morgan fingerprint density at radius 2 is 1.90 bits per heavy atom. The van der Waals surface area contributed by atoms with Gasteiger partial charge < -0.3 is 19.4 Å². The molecule has 3 aromatic rings. The van der Waals surface area contributed by atoms with Crippen LogP contribution in [-0.4, -0.2) is 40.6 Å². The predicted molar refractivity (Wildman–Crippen MR) is 115 cm³/mol. The third kappa shape index (κ3) is 5.02. The van der Waals surface area contributed by atoms with Crippen molar-refractivity contribution in [2.24, 2.45) is 0 Å². The number of methoxy groups -OCH3 is 2. The van der Waals surface area contributed by atoms with Crippen LogP contribution in [0.5, 0.6) is 11.5 Å². The zero-order chi connectivity index (χ0) is 20.8. The second-order valence-corrected chi connectivity index (χ2v) is 7.34. The summed E-state index contributed by atoms with van der Waals surface area (Å²) in [5.74, 6) is 2.06. The molecule has 0 fully saturated rings. The lowest BCUT2D eigenvalue weighted by Crippen LogP contribution is -2.15. The van der Waals surface area contributed by atoms with E-state index in [0.717, 1.165) is 17.1 Å². The summed E-state index contributed by atoms with van der Waals surface area (Å²) < 4.78 is 12.4. The summed E-state index contributed by atoms with van der Waals surface area (Å²) in [7, 11) is 3.17. The highest BCUT2D eigenvalue weighted by molar-refractivity contribution is 7.99. The molecule has 0 spiro atoms. The van der Waals surface area contributed by atoms with Crippen molar-refractivity contribution in [1.29, 1.82) is 0 Å². The summed E-state index contributed by atoms with van der Waals surface area (Å²) in [6.07, 6.45) is 0. The van der Waals surface area contributed by atoms with E-state index in [1.165, 1.54) is 18.9 Å². The second kappa shape index (κ2) is 9.67. The SMILES string of the molecule is CCn1c(SCC(=O)Nc2cc(Cl)ccc2OC)nnc1-c1ccc(OC)cc1. The quantitative estimate of drug-likeness (QED) is 0.532. The Balaban J connectivity index is 1.70. The van der Waals surface area contributed by atoms with Gasteiger partial charge in [0.2, 0.25) is 5.91 Å². The van der Waals surface area contributed by atoms with E-state index in [-0.39, 0.29) is 11.7 Å². The molecule has 9 heteroatoms. The van der Waals surface area contributed by atoms with Crippen molar-refractivity contribution in [1.82, 2.24) is 14.8 Å². The molecule has 3 rings (SSSR count). The molecule has 0 radical (unpaired) electrons. The number of hydrogen-bond acceptors (Lipinski definition) is 6. The van der Waals surface area contributed by atoms with E-state index < -0.39 is 0 Å². The van der Waals surface area contributed by atoms with Crippen LogP contribution in [0.3, 0.4) is 0 Å². The summed E-state index contributed by atoms with van der Waals surface area (Å²) in [6, 6.07) is 12.7. The van der Waals surface area contributed by atoms with Gasteiger partial charge in [0.15, 0.2) is 11.0 Å². The fourth-order valence-electron chi connectivity index (χ4n) is 2.73. The number of nitrogens with one attached hydrogen (secondary N) is 1. The summed E-state index contributed by atoms with van der Waals surface area (Å²) in [6.45, 7) is 2.69. The molecular weight excluding hydrogens is 412 g/mol. The standard InChI is InChI=1S/C20H21ClN4O3S/c1-4-25-19(13-5-8-15(27-2)9-6-13)23-24-20(25)29-12-18(26)22-16-11-14(21)7-10-17(16)28-3/h5-11H,4,12H2,1-3H3,(H,22,26). The minimum atomic E-state index is -0.188. The Bertz CT molecular complexity index is 992. The number of amides is 1. The number of halogens is 1. The van der Waals surface area contributed by atoms with Crippen LogP contribution in [-0.2, 0) is 11.3 Å². The van der Waals surface area contributed by atoms with E-state index in [9.17, 15) is 4.79 Å². The number of thioether (sulfide) groups is 1. The molecule has 0 bridgehead atoms. The summed E-state index contributed by atoms with van der Waals surface area (Å²) in [4.78, 5) is 12.4. The van der Waals surface area contributed by atoms with E-state index in [2.05, 4.69) is 15.5 Å². The normalized spacial score (nSPS) is 10.6. The fraction of sp³-hybridized carbons (Fsp3) is 0.250. The minimum absolute atomic E-state index is 0.177. The van der Waals surface area contributed by atoms with E-state index >= 15 is 0 Å². The van der Waals surface area contributed by atoms with Gasteiger partial charge in [-0.25, -0.2) is 0 Å². The largest absolute Gasteiger partial charge is 0.497 e. The Kier molecular flexibility index (Phi) is 7.00. The van der Waals surface area contributed by atoms with Gasteiger partial charge in [0.1, 0.15) is 11.5 Å². The molecule has 29 heavy (non-hydrogen) atoms. The van der Waals surface area contributed by atoms with E-state index in [1.54, 1.807) is 25.3 Å². The van der Waals surface area contributed by atoms with Gasteiger partial charge in [-0.15, -0.1) is 10.2 Å². The lowest BCUT2D eigenvalue weighted by molar-refractivity contribution is -0.113. The van der Waals surface area contributed by atoms with Crippen LogP contribution in [0.1, 0.15) is 6.92 Å². The average Bonchev–Trinajstić information content (AvgIpc) is 3.15. The molecule has 152 valence electrons. The van der Waals surface area contributed by atoms with Crippen LogP contribution >= 0.6 is 23.4 Å². The fourth-order valence-corrected chi connectivity index (χ4v) is 3.70. The lowest BCUT2D eigenvalue weighted by atomic mass is 10.2. The first-order valence-corrected chi connectivity index (χ1v) is 10.3. The van der Waals surface area contributed by atoms with Crippen LogP contribution in [0.15, 0.2) is 47.6 Å².